The third-order valence-electron chi connectivity index (χ3n) is 2.01. The van der Waals surface area contributed by atoms with Gasteiger partial charge in [-0.15, -0.1) is 13.2 Å². The first-order chi connectivity index (χ1) is 6.68. The quantitative estimate of drug-likeness (QED) is 0.712. The number of piperidine rings is 1. The lowest BCUT2D eigenvalue weighted by atomic mass is 10.1. The highest BCUT2D eigenvalue weighted by atomic mass is 35.7. The number of halogens is 4. The van der Waals surface area contributed by atoms with Gasteiger partial charge < -0.3 is 0 Å². The van der Waals surface area contributed by atoms with E-state index >= 15 is 0 Å². The molecule has 0 aromatic heterocycles. The summed E-state index contributed by atoms with van der Waals surface area (Å²) in [6.07, 6.45) is -5.68. The van der Waals surface area contributed by atoms with Gasteiger partial charge in [0.05, 0.1) is 6.10 Å². The van der Waals surface area contributed by atoms with E-state index in [9.17, 15) is 21.6 Å². The molecule has 1 saturated heterocycles. The molecule has 0 saturated carbocycles. The van der Waals surface area contributed by atoms with E-state index in [0.717, 1.165) is 4.31 Å². The zero-order valence-corrected chi connectivity index (χ0v) is 9.07. The van der Waals surface area contributed by atoms with Crippen LogP contribution in [-0.4, -0.2) is 38.3 Å². The van der Waals surface area contributed by atoms with E-state index in [-0.39, 0.29) is 25.9 Å². The Kier molecular flexibility index (Phi) is 3.85. The maximum Gasteiger partial charge on any atom is 0.522 e. The fraction of sp³-hybridized carbons (Fsp3) is 1.00. The highest BCUT2D eigenvalue weighted by Crippen LogP contribution is 2.25. The molecule has 0 aromatic rings. The second-order valence-corrected chi connectivity index (χ2v) is 5.61. The molecule has 0 aromatic carbocycles. The Balaban J connectivity index is 2.43. The van der Waals surface area contributed by atoms with Crippen LogP contribution in [0.4, 0.5) is 13.2 Å². The Labute approximate surface area is 89.5 Å². The fourth-order valence-electron chi connectivity index (χ4n) is 1.36. The second-order valence-electron chi connectivity index (χ2n) is 3.10. The zero-order valence-electron chi connectivity index (χ0n) is 7.50. The molecule has 1 heterocycles. The highest BCUT2D eigenvalue weighted by molar-refractivity contribution is 8.11. The van der Waals surface area contributed by atoms with Crippen LogP contribution in [0.2, 0.25) is 0 Å². The maximum absolute atomic E-state index is 11.8. The van der Waals surface area contributed by atoms with E-state index in [2.05, 4.69) is 4.74 Å². The van der Waals surface area contributed by atoms with E-state index in [0.29, 0.717) is 0 Å². The number of rotatable bonds is 2. The number of nitrogens with zero attached hydrogens (tertiary/aromatic N) is 1. The summed E-state index contributed by atoms with van der Waals surface area (Å²) in [5.41, 5.74) is 0. The first-order valence-corrected chi connectivity index (χ1v) is 6.39. The lowest BCUT2D eigenvalue weighted by Gasteiger charge is -2.29. The van der Waals surface area contributed by atoms with Crippen molar-refractivity contribution in [3.63, 3.8) is 0 Å². The molecule has 0 radical (unpaired) electrons. The first kappa shape index (κ1) is 13.0. The van der Waals surface area contributed by atoms with E-state index in [1.54, 1.807) is 0 Å². The molecule has 1 aliphatic rings. The highest BCUT2D eigenvalue weighted by Gasteiger charge is 2.36. The number of hydrogen-bond donors (Lipinski definition) is 0. The fourth-order valence-corrected chi connectivity index (χ4v) is 2.42. The molecular weight excluding hydrogens is 259 g/mol. The van der Waals surface area contributed by atoms with Gasteiger partial charge in [-0.05, 0) is 12.8 Å². The van der Waals surface area contributed by atoms with Crippen LogP contribution in [0.3, 0.4) is 0 Å². The van der Waals surface area contributed by atoms with Crippen LogP contribution in [0, 0.1) is 0 Å². The molecule has 0 amide bonds. The SMILES string of the molecule is O=S(=O)(Cl)N1CCC(OC(F)(F)F)CC1. The Morgan fingerprint density at radius 1 is 1.27 bits per heavy atom. The molecular formula is C6H9ClF3NO3S. The van der Waals surface area contributed by atoms with E-state index < -0.39 is 21.7 Å². The summed E-state index contributed by atoms with van der Waals surface area (Å²) < 4.78 is 61.7. The first-order valence-electron chi connectivity index (χ1n) is 4.13. The van der Waals surface area contributed by atoms with Crippen molar-refractivity contribution in [2.75, 3.05) is 13.1 Å². The summed E-state index contributed by atoms with van der Waals surface area (Å²) in [6.45, 7) is -0.0981. The predicted molar refractivity (Wildman–Crippen MR) is 46.5 cm³/mol. The van der Waals surface area contributed by atoms with Crippen LogP contribution >= 0.6 is 10.7 Å². The lowest BCUT2D eigenvalue weighted by Crippen LogP contribution is -2.40. The molecule has 4 nitrogen and oxygen atoms in total. The van der Waals surface area contributed by atoms with Gasteiger partial charge >= 0.3 is 6.36 Å². The van der Waals surface area contributed by atoms with Crippen molar-refractivity contribution < 1.29 is 26.3 Å². The van der Waals surface area contributed by atoms with Crippen LogP contribution in [-0.2, 0) is 14.0 Å². The van der Waals surface area contributed by atoms with Crippen LogP contribution in [0.25, 0.3) is 0 Å². The van der Waals surface area contributed by atoms with Crippen molar-refractivity contribution in [1.82, 2.24) is 4.31 Å². The maximum atomic E-state index is 11.8. The third-order valence-corrected chi connectivity index (χ3v) is 3.58. The average molecular weight is 268 g/mol. The Hall–Kier alpha value is -0.0500. The van der Waals surface area contributed by atoms with Crippen LogP contribution in [0.5, 0.6) is 0 Å². The third kappa shape index (κ3) is 4.54. The van der Waals surface area contributed by atoms with Crippen LogP contribution < -0.4 is 0 Å². The predicted octanol–water partition coefficient (Wildman–Crippen LogP) is 1.47. The summed E-state index contributed by atoms with van der Waals surface area (Å²) in [6, 6.07) is 0. The van der Waals surface area contributed by atoms with Gasteiger partial charge in [0.15, 0.2) is 0 Å². The molecule has 0 N–H and O–H groups in total. The normalized spacial score (nSPS) is 21.9. The zero-order chi connectivity index (χ0) is 11.7. The van der Waals surface area contributed by atoms with Crippen molar-refractivity contribution in [2.24, 2.45) is 0 Å². The minimum Gasteiger partial charge on any atom is -0.288 e. The molecule has 15 heavy (non-hydrogen) atoms. The largest absolute Gasteiger partial charge is 0.522 e. The molecule has 1 rings (SSSR count). The summed E-state index contributed by atoms with van der Waals surface area (Å²) in [5.74, 6) is 0. The summed E-state index contributed by atoms with van der Waals surface area (Å²) >= 11 is 0. The van der Waals surface area contributed by atoms with Gasteiger partial charge in [0.2, 0.25) is 0 Å². The van der Waals surface area contributed by atoms with Gasteiger partial charge in [0.1, 0.15) is 0 Å². The number of alkyl halides is 3. The Bertz CT molecular complexity index is 310. The van der Waals surface area contributed by atoms with E-state index in [4.69, 9.17) is 10.7 Å². The minimum atomic E-state index is -4.67. The van der Waals surface area contributed by atoms with Crippen LogP contribution in [0.1, 0.15) is 12.8 Å². The monoisotopic (exact) mass is 267 g/mol. The van der Waals surface area contributed by atoms with Gasteiger partial charge in [-0.25, -0.2) is 0 Å². The number of ether oxygens (including phenoxy) is 1. The molecule has 0 atom stereocenters. The van der Waals surface area contributed by atoms with E-state index in [1.807, 2.05) is 0 Å². The summed E-state index contributed by atoms with van der Waals surface area (Å²) in [5, 5.41) is 0. The van der Waals surface area contributed by atoms with Gasteiger partial charge in [-0.3, -0.25) is 4.74 Å². The molecule has 0 aliphatic carbocycles. The smallest absolute Gasteiger partial charge is 0.288 e. The molecule has 0 spiro atoms. The summed E-state index contributed by atoms with van der Waals surface area (Å²) in [4.78, 5) is 0. The number of hydrogen-bond acceptors (Lipinski definition) is 3. The van der Waals surface area contributed by atoms with Crippen LogP contribution in [0.15, 0.2) is 0 Å². The van der Waals surface area contributed by atoms with Gasteiger partial charge in [-0.1, -0.05) is 0 Å². The molecule has 90 valence electrons. The minimum absolute atomic E-state index is 0.00847. The van der Waals surface area contributed by atoms with Crippen molar-refractivity contribution >= 4 is 19.9 Å². The standard InChI is InChI=1S/C6H9ClF3NO3S/c7-15(12,13)11-3-1-5(2-4-11)14-6(8,9)10/h5H,1-4H2. The lowest BCUT2D eigenvalue weighted by molar-refractivity contribution is -0.345. The topological polar surface area (TPSA) is 46.6 Å². The molecule has 1 aliphatic heterocycles. The molecule has 0 unspecified atom stereocenters. The van der Waals surface area contributed by atoms with Gasteiger partial charge in [0, 0.05) is 23.8 Å². The van der Waals surface area contributed by atoms with E-state index in [1.165, 1.54) is 0 Å². The Morgan fingerprint density at radius 2 is 1.73 bits per heavy atom. The van der Waals surface area contributed by atoms with Crippen molar-refractivity contribution in [2.45, 2.75) is 25.3 Å². The van der Waals surface area contributed by atoms with Gasteiger partial charge in [-0.2, -0.15) is 12.7 Å². The van der Waals surface area contributed by atoms with Crippen molar-refractivity contribution in [3.8, 4) is 0 Å². The van der Waals surface area contributed by atoms with Crippen molar-refractivity contribution in [1.29, 1.82) is 0 Å². The summed E-state index contributed by atoms with van der Waals surface area (Å²) in [7, 11) is 1.20. The van der Waals surface area contributed by atoms with Gasteiger partial charge in [0.25, 0.3) is 9.24 Å². The molecule has 0 bridgehead atoms. The second kappa shape index (κ2) is 4.44. The average Bonchev–Trinajstić information content (AvgIpc) is 2.00. The van der Waals surface area contributed by atoms with Crippen molar-refractivity contribution in [3.05, 3.63) is 0 Å². The Morgan fingerprint density at radius 3 is 2.07 bits per heavy atom. The molecule has 1 fully saturated rings. The molecule has 9 heteroatoms.